The number of carbonyl (C=O) groups is 2. The molecule has 0 aliphatic heterocycles. The largest absolute Gasteiger partial charge is 0.354 e. The van der Waals surface area contributed by atoms with Crippen molar-refractivity contribution in [2.45, 2.75) is 26.3 Å². The molecule has 5 nitrogen and oxygen atoms in total. The van der Waals surface area contributed by atoms with E-state index in [-0.39, 0.29) is 24.2 Å². The summed E-state index contributed by atoms with van der Waals surface area (Å²) in [6.45, 7) is 4.31. The minimum Gasteiger partial charge on any atom is -0.354 e. The van der Waals surface area contributed by atoms with E-state index in [1.54, 1.807) is 31.0 Å². The number of aryl methyl sites for hydroxylation is 1. The van der Waals surface area contributed by atoms with Gasteiger partial charge in [-0.1, -0.05) is 29.8 Å². The molecule has 0 fully saturated rings. The van der Waals surface area contributed by atoms with Crippen LogP contribution in [-0.4, -0.2) is 42.9 Å². The summed E-state index contributed by atoms with van der Waals surface area (Å²) in [6, 6.07) is 13.3. The molecule has 0 bridgehead atoms. The van der Waals surface area contributed by atoms with Crippen molar-refractivity contribution in [2.24, 2.45) is 0 Å². The Morgan fingerprint density at radius 3 is 2.33 bits per heavy atom. The van der Waals surface area contributed by atoms with Crippen molar-refractivity contribution in [2.75, 3.05) is 25.5 Å². The second-order valence-electron chi connectivity index (χ2n) is 6.67. The van der Waals surface area contributed by atoms with Gasteiger partial charge in [0, 0.05) is 12.2 Å². The second-order valence-corrected chi connectivity index (χ2v) is 6.67. The molecule has 0 aliphatic rings. The fourth-order valence-electron chi connectivity index (χ4n) is 2.53. The molecule has 27 heavy (non-hydrogen) atoms. The topological polar surface area (TPSA) is 61.4 Å². The molecule has 0 spiro atoms. The van der Waals surface area contributed by atoms with E-state index in [4.69, 9.17) is 0 Å². The van der Waals surface area contributed by atoms with Gasteiger partial charge < -0.3 is 10.6 Å². The van der Waals surface area contributed by atoms with Crippen LogP contribution < -0.4 is 10.6 Å². The van der Waals surface area contributed by atoms with Crippen molar-refractivity contribution in [3.63, 3.8) is 0 Å². The smallest absolute Gasteiger partial charge is 0.238 e. The fourth-order valence-corrected chi connectivity index (χ4v) is 2.53. The van der Waals surface area contributed by atoms with E-state index in [1.165, 1.54) is 12.1 Å². The number of carbonyl (C=O) groups excluding carboxylic acids is 2. The first-order chi connectivity index (χ1) is 12.8. The van der Waals surface area contributed by atoms with Crippen LogP contribution in [0.25, 0.3) is 0 Å². The average Bonchev–Trinajstić information content (AvgIpc) is 2.64. The van der Waals surface area contributed by atoms with E-state index in [0.29, 0.717) is 13.0 Å². The number of hydrogen-bond acceptors (Lipinski definition) is 3. The van der Waals surface area contributed by atoms with Gasteiger partial charge in [-0.15, -0.1) is 0 Å². The van der Waals surface area contributed by atoms with Gasteiger partial charge in [-0.05, 0) is 57.1 Å². The van der Waals surface area contributed by atoms with Crippen molar-refractivity contribution >= 4 is 17.5 Å². The number of likely N-dealkylation sites (N-methyl/N-ethyl adjacent to an activating group) is 1. The first-order valence-electron chi connectivity index (χ1n) is 8.94. The summed E-state index contributed by atoms with van der Waals surface area (Å²) in [7, 11) is 1.74. The van der Waals surface area contributed by atoms with E-state index >= 15 is 0 Å². The van der Waals surface area contributed by atoms with E-state index in [2.05, 4.69) is 10.6 Å². The Morgan fingerprint density at radius 2 is 1.70 bits per heavy atom. The monoisotopic (exact) mass is 371 g/mol. The minimum atomic E-state index is -0.443. The van der Waals surface area contributed by atoms with Crippen LogP contribution >= 0.6 is 0 Å². The maximum absolute atomic E-state index is 12.9. The molecule has 2 amide bonds. The molecule has 0 aromatic heterocycles. The first-order valence-corrected chi connectivity index (χ1v) is 8.94. The zero-order valence-electron chi connectivity index (χ0n) is 16.0. The van der Waals surface area contributed by atoms with Gasteiger partial charge >= 0.3 is 0 Å². The Labute approximate surface area is 159 Å². The lowest BCUT2D eigenvalue weighted by Crippen LogP contribution is -2.46. The molecule has 0 saturated heterocycles. The predicted molar refractivity (Wildman–Crippen MR) is 105 cm³/mol. The highest BCUT2D eigenvalue weighted by molar-refractivity contribution is 5.92. The van der Waals surface area contributed by atoms with Gasteiger partial charge in [0.2, 0.25) is 11.8 Å². The van der Waals surface area contributed by atoms with Crippen LogP contribution in [0.3, 0.4) is 0 Å². The summed E-state index contributed by atoms with van der Waals surface area (Å²) in [5.74, 6) is -0.600. The number of nitrogens with zero attached hydrogens (tertiary/aromatic N) is 1. The third-order valence-electron chi connectivity index (χ3n) is 4.40. The number of nitrogens with one attached hydrogen (secondary N) is 2. The summed E-state index contributed by atoms with van der Waals surface area (Å²) in [4.78, 5) is 26.1. The summed E-state index contributed by atoms with van der Waals surface area (Å²) < 4.78 is 12.9. The molecule has 0 heterocycles. The lowest BCUT2D eigenvalue weighted by molar-refractivity contribution is -0.126. The van der Waals surface area contributed by atoms with Crippen molar-refractivity contribution in [1.29, 1.82) is 0 Å². The van der Waals surface area contributed by atoms with Gasteiger partial charge in [0.15, 0.2) is 0 Å². The van der Waals surface area contributed by atoms with Crippen LogP contribution in [0.15, 0.2) is 48.5 Å². The highest BCUT2D eigenvalue weighted by Crippen LogP contribution is 2.09. The Bertz CT molecular complexity index is 760. The fraction of sp³-hybridized carbons (Fsp3) is 0.333. The van der Waals surface area contributed by atoms with E-state index in [1.807, 2.05) is 31.2 Å². The van der Waals surface area contributed by atoms with Crippen LogP contribution in [0.2, 0.25) is 0 Å². The molecular formula is C21H26FN3O2. The molecule has 2 N–H and O–H groups in total. The van der Waals surface area contributed by atoms with Crippen molar-refractivity contribution in [3.8, 4) is 0 Å². The minimum absolute atomic E-state index is 0.112. The molecule has 0 saturated carbocycles. The van der Waals surface area contributed by atoms with Crippen molar-refractivity contribution in [1.82, 2.24) is 10.2 Å². The molecule has 0 unspecified atom stereocenters. The molecule has 2 aromatic carbocycles. The van der Waals surface area contributed by atoms with E-state index in [0.717, 1.165) is 16.8 Å². The SMILES string of the molecule is Cc1ccc(NC(=O)CN(C)[C@@H](C)C(=O)NCCc2ccc(F)cc2)cc1. The molecule has 144 valence electrons. The maximum Gasteiger partial charge on any atom is 0.238 e. The highest BCUT2D eigenvalue weighted by atomic mass is 19.1. The number of rotatable bonds is 8. The van der Waals surface area contributed by atoms with Gasteiger partial charge in [-0.2, -0.15) is 0 Å². The Balaban J connectivity index is 1.74. The molecule has 0 aliphatic carbocycles. The standard InChI is InChI=1S/C21H26FN3O2/c1-15-4-10-19(11-5-15)24-20(26)14-25(3)16(2)21(27)23-13-12-17-6-8-18(22)9-7-17/h4-11,16H,12-14H2,1-3H3,(H,23,27)(H,24,26)/t16-/m0/s1. The molecule has 0 radical (unpaired) electrons. The van der Waals surface area contributed by atoms with Crippen LogP contribution in [-0.2, 0) is 16.0 Å². The summed E-state index contributed by atoms with van der Waals surface area (Å²) in [6.07, 6.45) is 0.621. The Kier molecular flexibility index (Phi) is 7.49. The van der Waals surface area contributed by atoms with E-state index < -0.39 is 6.04 Å². The summed E-state index contributed by atoms with van der Waals surface area (Å²) in [5.41, 5.74) is 2.81. The van der Waals surface area contributed by atoms with Crippen LogP contribution in [0.4, 0.5) is 10.1 Å². The molecule has 6 heteroatoms. The van der Waals surface area contributed by atoms with Crippen LogP contribution in [0, 0.1) is 12.7 Å². The van der Waals surface area contributed by atoms with Gasteiger partial charge in [-0.3, -0.25) is 14.5 Å². The zero-order chi connectivity index (χ0) is 19.8. The lowest BCUT2D eigenvalue weighted by atomic mass is 10.1. The number of amides is 2. The average molecular weight is 371 g/mol. The summed E-state index contributed by atoms with van der Waals surface area (Å²) in [5, 5.41) is 5.67. The van der Waals surface area contributed by atoms with Crippen LogP contribution in [0.5, 0.6) is 0 Å². The Morgan fingerprint density at radius 1 is 1.07 bits per heavy atom. The molecule has 2 rings (SSSR count). The normalized spacial score (nSPS) is 11.9. The number of benzene rings is 2. The number of halogens is 1. The van der Waals surface area contributed by atoms with Gasteiger partial charge in [-0.25, -0.2) is 4.39 Å². The highest BCUT2D eigenvalue weighted by Gasteiger charge is 2.19. The third-order valence-corrected chi connectivity index (χ3v) is 4.40. The number of anilines is 1. The van der Waals surface area contributed by atoms with Gasteiger partial charge in [0.1, 0.15) is 5.82 Å². The van der Waals surface area contributed by atoms with Crippen molar-refractivity contribution in [3.05, 3.63) is 65.5 Å². The lowest BCUT2D eigenvalue weighted by Gasteiger charge is -2.23. The maximum atomic E-state index is 12.9. The molecular weight excluding hydrogens is 345 g/mol. The number of hydrogen-bond donors (Lipinski definition) is 2. The third kappa shape index (κ3) is 6.83. The second kappa shape index (κ2) is 9.83. The van der Waals surface area contributed by atoms with Crippen molar-refractivity contribution < 1.29 is 14.0 Å². The quantitative estimate of drug-likeness (QED) is 0.750. The summed E-state index contributed by atoms with van der Waals surface area (Å²) >= 11 is 0. The zero-order valence-corrected chi connectivity index (χ0v) is 16.0. The molecule has 2 aromatic rings. The Hall–Kier alpha value is -2.73. The van der Waals surface area contributed by atoms with Crippen LogP contribution in [0.1, 0.15) is 18.1 Å². The first kappa shape index (κ1) is 20.6. The van der Waals surface area contributed by atoms with Gasteiger partial charge in [0.25, 0.3) is 0 Å². The van der Waals surface area contributed by atoms with E-state index in [9.17, 15) is 14.0 Å². The molecule has 1 atom stereocenters. The van der Waals surface area contributed by atoms with Gasteiger partial charge in [0.05, 0.1) is 12.6 Å². The predicted octanol–water partition coefficient (Wildman–Crippen LogP) is 2.75.